The Balaban J connectivity index is 2.41. The predicted molar refractivity (Wildman–Crippen MR) is 71.3 cm³/mol. The third-order valence-corrected chi connectivity index (χ3v) is 3.31. The monoisotopic (exact) mass is 292 g/mol. The largest absolute Gasteiger partial charge is 0.422 e. The quantitative estimate of drug-likeness (QED) is 0.773. The van der Waals surface area contributed by atoms with Crippen molar-refractivity contribution in [2.24, 2.45) is 5.92 Å². The molecule has 2 nitrogen and oxygen atoms in total. The molecule has 0 aliphatic carbocycles. The highest BCUT2D eigenvalue weighted by Crippen LogP contribution is 2.35. The number of allylic oxidation sites excluding steroid dienone is 1. The van der Waals surface area contributed by atoms with Crippen LogP contribution in [0.1, 0.15) is 19.4 Å². The van der Waals surface area contributed by atoms with Gasteiger partial charge in [0.1, 0.15) is 10.2 Å². The molecule has 0 radical (unpaired) electrons. The number of esters is 1. The molecule has 88 valence electrons. The van der Waals surface area contributed by atoms with Crippen LogP contribution in [-0.2, 0) is 9.53 Å². The van der Waals surface area contributed by atoms with E-state index in [-0.39, 0.29) is 11.9 Å². The summed E-state index contributed by atoms with van der Waals surface area (Å²) >= 11 is 3.29. The highest BCUT2D eigenvalue weighted by atomic mass is 79.9. The summed E-state index contributed by atoms with van der Waals surface area (Å²) in [4.78, 5) is 11.5. The summed E-state index contributed by atoms with van der Waals surface area (Å²) in [6, 6.07) is 9.82. The van der Waals surface area contributed by atoms with Gasteiger partial charge in [0.25, 0.3) is 0 Å². The summed E-state index contributed by atoms with van der Waals surface area (Å²) in [6.45, 7) is 4.08. The zero-order chi connectivity index (χ0) is 12.4. The van der Waals surface area contributed by atoms with Crippen LogP contribution >= 0.6 is 15.9 Å². The molecule has 0 unspecified atom stereocenters. The number of rotatable bonds is 2. The van der Waals surface area contributed by atoms with E-state index in [2.05, 4.69) is 15.9 Å². The lowest BCUT2D eigenvalue weighted by Crippen LogP contribution is -1.95. The Morgan fingerprint density at radius 1 is 1.24 bits per heavy atom. The van der Waals surface area contributed by atoms with Gasteiger partial charge in [0.2, 0.25) is 0 Å². The first-order valence-corrected chi connectivity index (χ1v) is 6.28. The van der Waals surface area contributed by atoms with Crippen LogP contribution in [0.15, 0.2) is 46.1 Å². The van der Waals surface area contributed by atoms with Crippen LogP contribution < -0.4 is 0 Å². The van der Waals surface area contributed by atoms with Gasteiger partial charge < -0.3 is 4.74 Å². The average Bonchev–Trinajstić information content (AvgIpc) is 2.56. The van der Waals surface area contributed by atoms with Gasteiger partial charge in [-0.05, 0) is 33.5 Å². The molecule has 2 rings (SSSR count). The molecule has 0 N–H and O–H groups in total. The third-order valence-electron chi connectivity index (χ3n) is 2.56. The van der Waals surface area contributed by atoms with Crippen LogP contribution in [-0.4, -0.2) is 5.97 Å². The molecule has 1 aromatic rings. The summed E-state index contributed by atoms with van der Waals surface area (Å²) in [5, 5.41) is 0. The molecule has 0 saturated heterocycles. The molecule has 0 fully saturated rings. The van der Waals surface area contributed by atoms with Crippen molar-refractivity contribution in [3.63, 3.8) is 0 Å². The van der Waals surface area contributed by atoms with Gasteiger partial charge >= 0.3 is 5.97 Å². The molecule has 0 saturated carbocycles. The van der Waals surface area contributed by atoms with Gasteiger partial charge in [-0.1, -0.05) is 44.2 Å². The summed E-state index contributed by atoms with van der Waals surface area (Å²) < 4.78 is 5.79. The van der Waals surface area contributed by atoms with E-state index in [0.717, 1.165) is 11.1 Å². The second-order valence-electron chi connectivity index (χ2n) is 4.19. The Kier molecular flexibility index (Phi) is 3.48. The lowest BCUT2D eigenvalue weighted by molar-refractivity contribution is -0.132. The maximum absolute atomic E-state index is 11.5. The Morgan fingerprint density at radius 3 is 2.47 bits per heavy atom. The van der Waals surface area contributed by atoms with Crippen molar-refractivity contribution in [1.29, 1.82) is 0 Å². The van der Waals surface area contributed by atoms with Gasteiger partial charge in [-0.25, -0.2) is 4.79 Å². The van der Waals surface area contributed by atoms with Crippen molar-refractivity contribution < 1.29 is 9.53 Å². The highest BCUT2D eigenvalue weighted by Gasteiger charge is 2.29. The second kappa shape index (κ2) is 4.88. The fraction of sp³-hybridized carbons (Fsp3) is 0.214. The maximum Gasteiger partial charge on any atom is 0.351 e. The standard InChI is InChI=1S/C14H13BrO2/c1-9(2)12-11(17-14(16)13(12)15)8-10-6-4-3-5-7-10/h3-9H,1-2H3/b11-8-. The first kappa shape index (κ1) is 12.1. The summed E-state index contributed by atoms with van der Waals surface area (Å²) in [7, 11) is 0. The number of benzene rings is 1. The first-order valence-electron chi connectivity index (χ1n) is 5.48. The molecule has 3 heteroatoms. The van der Waals surface area contributed by atoms with Crippen molar-refractivity contribution in [1.82, 2.24) is 0 Å². The van der Waals surface area contributed by atoms with Crippen molar-refractivity contribution in [2.75, 3.05) is 0 Å². The Bertz CT molecular complexity index is 498. The number of hydrogen-bond acceptors (Lipinski definition) is 2. The summed E-state index contributed by atoms with van der Waals surface area (Å²) in [5.41, 5.74) is 1.95. The summed E-state index contributed by atoms with van der Waals surface area (Å²) in [5.74, 6) is 0.574. The van der Waals surface area contributed by atoms with E-state index in [1.54, 1.807) is 0 Å². The lowest BCUT2D eigenvalue weighted by Gasteiger charge is -2.07. The normalized spacial score (nSPS) is 18.1. The van der Waals surface area contributed by atoms with Crippen LogP contribution in [0.3, 0.4) is 0 Å². The fourth-order valence-corrected chi connectivity index (χ4v) is 2.50. The number of carbonyl (C=O) groups is 1. The van der Waals surface area contributed by atoms with Crippen LogP contribution in [0.25, 0.3) is 6.08 Å². The molecule has 0 bridgehead atoms. The van der Waals surface area contributed by atoms with Gasteiger partial charge in [0.15, 0.2) is 0 Å². The second-order valence-corrected chi connectivity index (χ2v) is 4.98. The molecule has 1 aliphatic heterocycles. The molecule has 0 spiro atoms. The molecular formula is C14H13BrO2. The molecule has 0 amide bonds. The minimum atomic E-state index is -0.309. The molecule has 17 heavy (non-hydrogen) atoms. The number of carbonyl (C=O) groups excluding carboxylic acids is 1. The molecular weight excluding hydrogens is 280 g/mol. The Hall–Kier alpha value is -1.35. The summed E-state index contributed by atoms with van der Waals surface area (Å²) in [6.07, 6.45) is 1.89. The van der Waals surface area contributed by atoms with Gasteiger partial charge in [-0.15, -0.1) is 0 Å². The van der Waals surface area contributed by atoms with Gasteiger partial charge in [0, 0.05) is 5.57 Å². The number of ether oxygens (including phenoxy) is 1. The number of halogens is 1. The highest BCUT2D eigenvalue weighted by molar-refractivity contribution is 9.12. The first-order chi connectivity index (χ1) is 8.09. The van der Waals surface area contributed by atoms with Gasteiger partial charge in [-0.3, -0.25) is 0 Å². The molecule has 0 aromatic heterocycles. The molecule has 1 aliphatic rings. The lowest BCUT2D eigenvalue weighted by atomic mass is 10.0. The van der Waals surface area contributed by atoms with Crippen LogP contribution in [0.5, 0.6) is 0 Å². The smallest absolute Gasteiger partial charge is 0.351 e. The zero-order valence-corrected chi connectivity index (χ0v) is 11.3. The van der Waals surface area contributed by atoms with Crippen molar-refractivity contribution in [2.45, 2.75) is 13.8 Å². The van der Waals surface area contributed by atoms with Crippen LogP contribution in [0.4, 0.5) is 0 Å². The minimum Gasteiger partial charge on any atom is -0.422 e. The Morgan fingerprint density at radius 2 is 1.88 bits per heavy atom. The van der Waals surface area contributed by atoms with E-state index in [1.807, 2.05) is 50.3 Å². The molecule has 1 heterocycles. The van der Waals surface area contributed by atoms with E-state index < -0.39 is 0 Å². The Labute approximate surface area is 109 Å². The third kappa shape index (κ3) is 2.50. The fourth-order valence-electron chi connectivity index (χ4n) is 1.76. The van der Waals surface area contributed by atoms with Gasteiger partial charge in [0.05, 0.1) is 0 Å². The SMILES string of the molecule is CC(C)C1=C(Br)C(=O)O/C1=C\c1ccccc1. The topological polar surface area (TPSA) is 26.3 Å². The van der Waals surface area contributed by atoms with Crippen molar-refractivity contribution >= 4 is 28.0 Å². The molecule has 0 atom stereocenters. The minimum absolute atomic E-state index is 0.241. The van der Waals surface area contributed by atoms with Crippen LogP contribution in [0, 0.1) is 5.92 Å². The number of hydrogen-bond donors (Lipinski definition) is 0. The average molecular weight is 293 g/mol. The zero-order valence-electron chi connectivity index (χ0n) is 9.74. The predicted octanol–water partition coefficient (Wildman–Crippen LogP) is 3.89. The number of cyclic esters (lactones) is 1. The molecule has 1 aromatic carbocycles. The van der Waals surface area contributed by atoms with Crippen molar-refractivity contribution in [3.05, 3.63) is 51.7 Å². The van der Waals surface area contributed by atoms with E-state index >= 15 is 0 Å². The van der Waals surface area contributed by atoms with Crippen LogP contribution in [0.2, 0.25) is 0 Å². The van der Waals surface area contributed by atoms with E-state index in [1.165, 1.54) is 0 Å². The van der Waals surface area contributed by atoms with Gasteiger partial charge in [-0.2, -0.15) is 0 Å². The van der Waals surface area contributed by atoms with E-state index in [0.29, 0.717) is 10.2 Å². The maximum atomic E-state index is 11.5. The van der Waals surface area contributed by atoms with Crippen molar-refractivity contribution in [3.8, 4) is 0 Å². The van der Waals surface area contributed by atoms with E-state index in [9.17, 15) is 4.79 Å². The van der Waals surface area contributed by atoms with E-state index in [4.69, 9.17) is 4.74 Å².